The molecule has 4 aliphatic carbocycles. The van der Waals surface area contributed by atoms with Crippen LogP contribution in [0.2, 0.25) is 0 Å². The van der Waals surface area contributed by atoms with Gasteiger partial charge in [-0.2, -0.15) is 5.10 Å². The molecule has 4 amide bonds. The highest BCUT2D eigenvalue weighted by Gasteiger charge is 2.55. The number of piperidine rings is 2. The van der Waals surface area contributed by atoms with Gasteiger partial charge in [-0.25, -0.2) is 0 Å². The maximum absolute atomic E-state index is 13.8. The summed E-state index contributed by atoms with van der Waals surface area (Å²) < 4.78 is 2.02. The zero-order valence-corrected chi connectivity index (χ0v) is 25.1. The van der Waals surface area contributed by atoms with E-state index in [1.54, 1.807) is 18.2 Å². The molecule has 1 unspecified atom stereocenters. The molecule has 230 valence electrons. The lowest BCUT2D eigenvalue weighted by Gasteiger charge is -2.57. The minimum absolute atomic E-state index is 0.0787. The normalized spacial score (nSPS) is 31.5. The first-order chi connectivity index (χ1) is 21.3. The number of carbonyl (C=O) groups is 4. The first-order valence-corrected chi connectivity index (χ1v) is 16.3. The van der Waals surface area contributed by atoms with Gasteiger partial charge in [0.2, 0.25) is 11.8 Å². The fourth-order valence-electron chi connectivity index (χ4n) is 9.65. The standard InChI is InChI=1S/C34H40N6O4/c1-20-5-6-28(30(41)37-20)40-31(42)26-3-2-4-27(29(26)32(40)43)35-17-24-18-36-39(19-24)25-7-9-38(10-8-25)33(44)34-14-21-11-22(15-34)13-23(12-21)16-34/h2-4,18-19,21-23,25,28,35H,1,5-17H2,(H,37,41). The summed E-state index contributed by atoms with van der Waals surface area (Å²) in [6.07, 6.45) is 13.9. The summed E-state index contributed by atoms with van der Waals surface area (Å²) in [6.45, 7) is 5.80. The van der Waals surface area contributed by atoms with E-state index in [2.05, 4.69) is 27.2 Å². The second-order valence-corrected chi connectivity index (χ2v) is 14.3. The minimum atomic E-state index is -0.840. The van der Waals surface area contributed by atoms with Crippen molar-refractivity contribution in [3.05, 3.63) is 59.6 Å². The van der Waals surface area contributed by atoms with E-state index in [0.29, 0.717) is 47.8 Å². The molecule has 1 atom stereocenters. The Kier molecular flexibility index (Phi) is 6.46. The van der Waals surface area contributed by atoms with Crippen molar-refractivity contribution in [2.75, 3.05) is 18.4 Å². The van der Waals surface area contributed by atoms with Crippen molar-refractivity contribution in [3.63, 3.8) is 0 Å². The van der Waals surface area contributed by atoms with Gasteiger partial charge in [-0.15, -0.1) is 0 Å². The topological polar surface area (TPSA) is 117 Å². The maximum Gasteiger partial charge on any atom is 0.264 e. The summed E-state index contributed by atoms with van der Waals surface area (Å²) >= 11 is 0. The number of nitrogens with zero attached hydrogens (tertiary/aromatic N) is 4. The molecule has 2 saturated heterocycles. The Morgan fingerprint density at radius 2 is 1.70 bits per heavy atom. The summed E-state index contributed by atoms with van der Waals surface area (Å²) in [5.41, 5.74) is 2.66. The van der Waals surface area contributed by atoms with Gasteiger partial charge in [-0.05, 0) is 94.1 Å². The molecule has 4 bridgehead atoms. The zero-order valence-electron chi connectivity index (χ0n) is 25.1. The lowest BCUT2D eigenvalue weighted by molar-refractivity contribution is -0.159. The molecule has 4 saturated carbocycles. The number of hydrogen-bond donors (Lipinski definition) is 2. The van der Waals surface area contributed by atoms with E-state index in [1.165, 1.54) is 19.3 Å². The average molecular weight is 597 g/mol. The van der Waals surface area contributed by atoms with Gasteiger partial charge in [-0.1, -0.05) is 12.6 Å². The van der Waals surface area contributed by atoms with E-state index in [0.717, 1.165) is 73.4 Å². The molecule has 10 heteroatoms. The van der Waals surface area contributed by atoms with Crippen molar-refractivity contribution in [3.8, 4) is 0 Å². The maximum atomic E-state index is 13.8. The Labute approximate surface area is 257 Å². The van der Waals surface area contributed by atoms with Crippen LogP contribution in [0.25, 0.3) is 0 Å². The van der Waals surface area contributed by atoms with E-state index in [-0.39, 0.29) is 17.4 Å². The third-order valence-corrected chi connectivity index (χ3v) is 11.3. The van der Waals surface area contributed by atoms with Crippen LogP contribution in [0.15, 0.2) is 42.9 Å². The quantitative estimate of drug-likeness (QED) is 0.482. The van der Waals surface area contributed by atoms with Crippen molar-refractivity contribution < 1.29 is 19.2 Å². The first-order valence-electron chi connectivity index (χ1n) is 16.3. The summed E-state index contributed by atoms with van der Waals surface area (Å²) in [7, 11) is 0. The van der Waals surface area contributed by atoms with E-state index < -0.39 is 17.9 Å². The Balaban J connectivity index is 0.896. The molecule has 6 fully saturated rings. The third kappa shape index (κ3) is 4.47. The molecule has 4 heterocycles. The monoisotopic (exact) mass is 596 g/mol. The van der Waals surface area contributed by atoms with Crippen LogP contribution < -0.4 is 10.6 Å². The van der Waals surface area contributed by atoms with Crippen LogP contribution >= 0.6 is 0 Å². The Morgan fingerprint density at radius 3 is 2.39 bits per heavy atom. The molecule has 0 radical (unpaired) electrons. The van der Waals surface area contributed by atoms with Crippen LogP contribution in [0, 0.1) is 23.2 Å². The second kappa shape index (κ2) is 10.3. The van der Waals surface area contributed by atoms with Gasteiger partial charge in [0.1, 0.15) is 6.04 Å². The lowest BCUT2D eigenvalue weighted by Crippen LogP contribution is -2.55. The molecule has 9 rings (SSSR count). The van der Waals surface area contributed by atoms with E-state index in [1.807, 2.05) is 17.1 Å². The number of carbonyl (C=O) groups excluding carboxylic acids is 4. The van der Waals surface area contributed by atoms with Crippen LogP contribution in [0.5, 0.6) is 0 Å². The number of anilines is 1. The van der Waals surface area contributed by atoms with Gasteiger partial charge in [0.15, 0.2) is 0 Å². The molecule has 44 heavy (non-hydrogen) atoms. The number of benzene rings is 1. The number of imide groups is 1. The van der Waals surface area contributed by atoms with Crippen LogP contribution in [-0.4, -0.2) is 62.3 Å². The summed E-state index contributed by atoms with van der Waals surface area (Å²) in [4.78, 5) is 56.3. The van der Waals surface area contributed by atoms with Crippen molar-refractivity contribution in [2.24, 2.45) is 23.2 Å². The first kappa shape index (κ1) is 27.6. The van der Waals surface area contributed by atoms with E-state index >= 15 is 0 Å². The largest absolute Gasteiger partial charge is 0.380 e. The molecule has 1 aromatic heterocycles. The Morgan fingerprint density at radius 1 is 1.00 bits per heavy atom. The van der Waals surface area contributed by atoms with Crippen LogP contribution in [0.3, 0.4) is 0 Å². The van der Waals surface area contributed by atoms with Gasteiger partial charge in [0.05, 0.1) is 28.8 Å². The smallest absolute Gasteiger partial charge is 0.264 e. The van der Waals surface area contributed by atoms with Gasteiger partial charge < -0.3 is 15.5 Å². The summed E-state index contributed by atoms with van der Waals surface area (Å²) in [5, 5.41) is 10.7. The molecular weight excluding hydrogens is 556 g/mol. The van der Waals surface area contributed by atoms with Crippen molar-refractivity contribution in [1.82, 2.24) is 24.9 Å². The fourth-order valence-corrected chi connectivity index (χ4v) is 9.65. The number of nitrogens with one attached hydrogen (secondary N) is 2. The number of allylic oxidation sites excluding steroid dienone is 1. The highest BCUT2D eigenvalue weighted by atomic mass is 16.2. The average Bonchev–Trinajstić information content (AvgIpc) is 3.58. The molecule has 0 spiro atoms. The predicted molar refractivity (Wildman–Crippen MR) is 162 cm³/mol. The highest BCUT2D eigenvalue weighted by Crippen LogP contribution is 2.60. The van der Waals surface area contributed by atoms with Crippen molar-refractivity contribution in [1.29, 1.82) is 0 Å². The number of hydrogen-bond acceptors (Lipinski definition) is 6. The predicted octanol–water partition coefficient (Wildman–Crippen LogP) is 4.26. The van der Waals surface area contributed by atoms with Gasteiger partial charge >= 0.3 is 0 Å². The second-order valence-electron chi connectivity index (χ2n) is 14.3. The highest BCUT2D eigenvalue weighted by molar-refractivity contribution is 6.25. The number of aromatic nitrogens is 2. The Hall–Kier alpha value is -3.95. The van der Waals surface area contributed by atoms with Gasteiger partial charge in [-0.3, -0.25) is 28.8 Å². The summed E-state index contributed by atoms with van der Waals surface area (Å²) in [5.74, 6) is 1.47. The van der Waals surface area contributed by atoms with Gasteiger partial charge in [0, 0.05) is 42.8 Å². The molecule has 2 aromatic rings. The van der Waals surface area contributed by atoms with E-state index in [9.17, 15) is 19.2 Å². The number of fused-ring (bicyclic) bond motifs is 1. The van der Waals surface area contributed by atoms with Crippen LogP contribution in [-0.2, 0) is 16.1 Å². The molecule has 2 N–H and O–H groups in total. The molecule has 10 nitrogen and oxygen atoms in total. The minimum Gasteiger partial charge on any atom is -0.380 e. The third-order valence-electron chi connectivity index (χ3n) is 11.3. The van der Waals surface area contributed by atoms with Crippen molar-refractivity contribution >= 4 is 29.3 Å². The van der Waals surface area contributed by atoms with E-state index in [4.69, 9.17) is 0 Å². The molecule has 3 aliphatic heterocycles. The number of rotatable bonds is 6. The van der Waals surface area contributed by atoms with Crippen LogP contribution in [0.1, 0.15) is 96.5 Å². The Bertz CT molecular complexity index is 1530. The number of likely N-dealkylation sites (tertiary alicyclic amines) is 1. The lowest BCUT2D eigenvalue weighted by atomic mass is 9.49. The number of amides is 4. The SMILES string of the molecule is C=C1CCC(N2C(=O)c3cccc(NCc4cnn(C5CCN(C(=O)C67CC8CC(CC(C8)C6)C7)CC5)c4)c3C2=O)C(=O)N1. The van der Waals surface area contributed by atoms with Crippen LogP contribution in [0.4, 0.5) is 5.69 Å². The van der Waals surface area contributed by atoms with Crippen molar-refractivity contribution in [2.45, 2.75) is 82.8 Å². The fraction of sp³-hybridized carbons (Fsp3) is 0.559. The zero-order chi connectivity index (χ0) is 30.2. The molecule has 7 aliphatic rings. The summed E-state index contributed by atoms with van der Waals surface area (Å²) in [6, 6.07) is 4.58. The van der Waals surface area contributed by atoms with Gasteiger partial charge in [0.25, 0.3) is 11.8 Å². The molecule has 1 aromatic carbocycles. The molecular formula is C34H40N6O4.